The molecular weight excluding hydrogens is 250 g/mol. The van der Waals surface area contributed by atoms with Gasteiger partial charge in [-0.1, -0.05) is 0 Å². The van der Waals surface area contributed by atoms with E-state index in [-0.39, 0.29) is 12.2 Å². The van der Waals surface area contributed by atoms with Crippen molar-refractivity contribution in [3.63, 3.8) is 0 Å². The Hall–Kier alpha value is -2.31. The van der Waals surface area contributed by atoms with Gasteiger partial charge in [0.15, 0.2) is 5.57 Å². The first-order chi connectivity index (χ1) is 8.63. The summed E-state index contributed by atoms with van der Waals surface area (Å²) in [5.74, 6) is -0.681. The molecule has 0 radical (unpaired) electrons. The molecule has 1 rings (SSSR count). The number of carbonyl (C=O) groups excluding carboxylic acids is 1. The molecular formula is C12H11N3O2S. The van der Waals surface area contributed by atoms with Gasteiger partial charge >= 0.3 is 5.97 Å². The standard InChI is InChI=1S/C12H11N3O2S/c1-3-17-12(16)9(4-13)6-15-11-10(5-14)8(2)7-18-11/h6-7,15H,3H2,1-2H3. The molecule has 18 heavy (non-hydrogen) atoms. The van der Waals surface area contributed by atoms with Crippen molar-refractivity contribution < 1.29 is 9.53 Å². The molecule has 0 atom stereocenters. The number of anilines is 1. The van der Waals surface area contributed by atoms with Crippen LogP contribution in [-0.2, 0) is 9.53 Å². The van der Waals surface area contributed by atoms with Crippen molar-refractivity contribution >= 4 is 22.3 Å². The van der Waals surface area contributed by atoms with Gasteiger partial charge < -0.3 is 10.1 Å². The van der Waals surface area contributed by atoms with Gasteiger partial charge in [-0.2, -0.15) is 10.5 Å². The zero-order chi connectivity index (χ0) is 13.5. The van der Waals surface area contributed by atoms with Crippen LogP contribution in [0.15, 0.2) is 17.2 Å². The first-order valence-electron chi connectivity index (χ1n) is 5.16. The van der Waals surface area contributed by atoms with Gasteiger partial charge in [-0.05, 0) is 24.8 Å². The second-order valence-corrected chi connectivity index (χ2v) is 4.15. The molecule has 0 aliphatic carbocycles. The second kappa shape index (κ2) is 6.43. The molecule has 1 aromatic rings. The molecule has 0 bridgehead atoms. The summed E-state index contributed by atoms with van der Waals surface area (Å²) in [5, 5.41) is 23.0. The molecule has 0 spiro atoms. The summed E-state index contributed by atoms with van der Waals surface area (Å²) in [4.78, 5) is 11.3. The summed E-state index contributed by atoms with van der Waals surface area (Å²) in [7, 11) is 0. The third kappa shape index (κ3) is 3.09. The first kappa shape index (κ1) is 13.8. The van der Waals surface area contributed by atoms with E-state index in [2.05, 4.69) is 11.4 Å². The van der Waals surface area contributed by atoms with E-state index in [0.29, 0.717) is 10.6 Å². The average Bonchev–Trinajstić information content (AvgIpc) is 2.71. The van der Waals surface area contributed by atoms with Crippen LogP contribution in [0.1, 0.15) is 18.1 Å². The lowest BCUT2D eigenvalue weighted by Gasteiger charge is -2.01. The van der Waals surface area contributed by atoms with Crippen molar-refractivity contribution in [2.75, 3.05) is 11.9 Å². The summed E-state index contributed by atoms with van der Waals surface area (Å²) >= 11 is 1.34. The van der Waals surface area contributed by atoms with Gasteiger partial charge in [0.2, 0.25) is 0 Å². The predicted molar refractivity (Wildman–Crippen MR) is 67.7 cm³/mol. The van der Waals surface area contributed by atoms with Crippen molar-refractivity contribution in [2.45, 2.75) is 13.8 Å². The van der Waals surface area contributed by atoms with Gasteiger partial charge in [0.25, 0.3) is 0 Å². The quantitative estimate of drug-likeness (QED) is 0.510. The molecule has 0 saturated carbocycles. The minimum absolute atomic E-state index is 0.133. The Morgan fingerprint density at radius 1 is 1.61 bits per heavy atom. The fourth-order valence-corrected chi connectivity index (χ4v) is 2.04. The number of hydrogen-bond acceptors (Lipinski definition) is 6. The number of hydrogen-bond donors (Lipinski definition) is 1. The highest BCUT2D eigenvalue weighted by molar-refractivity contribution is 7.14. The van der Waals surface area contributed by atoms with E-state index in [0.717, 1.165) is 5.56 Å². The summed E-state index contributed by atoms with van der Waals surface area (Å²) in [6.07, 6.45) is 1.25. The van der Waals surface area contributed by atoms with E-state index in [1.54, 1.807) is 13.0 Å². The molecule has 6 heteroatoms. The van der Waals surface area contributed by atoms with Gasteiger partial charge in [-0.3, -0.25) is 0 Å². The number of nitrogens with zero attached hydrogens (tertiary/aromatic N) is 2. The van der Waals surface area contributed by atoms with Gasteiger partial charge in [-0.15, -0.1) is 11.3 Å². The number of thiophene rings is 1. The van der Waals surface area contributed by atoms with Gasteiger partial charge in [0, 0.05) is 6.20 Å². The maximum Gasteiger partial charge on any atom is 0.350 e. The van der Waals surface area contributed by atoms with Crippen molar-refractivity contribution in [2.24, 2.45) is 0 Å². The zero-order valence-corrected chi connectivity index (χ0v) is 10.8. The number of nitriles is 2. The van der Waals surface area contributed by atoms with Crippen LogP contribution in [0.2, 0.25) is 0 Å². The molecule has 0 saturated heterocycles. The number of nitrogens with one attached hydrogen (secondary N) is 1. The monoisotopic (exact) mass is 261 g/mol. The van der Waals surface area contributed by atoms with E-state index in [1.165, 1.54) is 17.5 Å². The Kier molecular flexibility index (Phi) is 4.91. The van der Waals surface area contributed by atoms with E-state index >= 15 is 0 Å². The van der Waals surface area contributed by atoms with Crippen LogP contribution in [0.5, 0.6) is 0 Å². The fourth-order valence-electron chi connectivity index (χ4n) is 1.17. The number of ether oxygens (including phenoxy) is 1. The molecule has 0 aliphatic heterocycles. The second-order valence-electron chi connectivity index (χ2n) is 3.27. The molecule has 1 heterocycles. The number of aryl methyl sites for hydroxylation is 1. The number of esters is 1. The summed E-state index contributed by atoms with van der Waals surface area (Å²) in [6, 6.07) is 3.81. The molecule has 0 aromatic carbocycles. The third-order valence-corrected chi connectivity index (χ3v) is 3.08. The lowest BCUT2D eigenvalue weighted by Crippen LogP contribution is -2.07. The SMILES string of the molecule is CCOC(=O)C(C#N)=CNc1scc(C)c1C#N. The van der Waals surface area contributed by atoms with Gasteiger partial charge in [0.05, 0.1) is 12.2 Å². The molecule has 0 aliphatic rings. The largest absolute Gasteiger partial charge is 0.462 e. The Balaban J connectivity index is 2.88. The van der Waals surface area contributed by atoms with Crippen molar-refractivity contribution in [3.05, 3.63) is 28.3 Å². The molecule has 92 valence electrons. The van der Waals surface area contributed by atoms with Gasteiger partial charge in [-0.25, -0.2) is 4.79 Å². The van der Waals surface area contributed by atoms with Crippen molar-refractivity contribution in [1.82, 2.24) is 0 Å². The van der Waals surface area contributed by atoms with Crippen LogP contribution in [-0.4, -0.2) is 12.6 Å². The predicted octanol–water partition coefficient (Wildman–Crippen LogP) is 2.31. The van der Waals surface area contributed by atoms with Crippen LogP contribution < -0.4 is 5.32 Å². The average molecular weight is 261 g/mol. The normalized spacial score (nSPS) is 10.3. The van der Waals surface area contributed by atoms with Crippen LogP contribution >= 0.6 is 11.3 Å². The molecule has 1 aromatic heterocycles. The third-order valence-electron chi connectivity index (χ3n) is 2.05. The smallest absolute Gasteiger partial charge is 0.350 e. The Labute approximate surface area is 109 Å². The molecule has 5 nitrogen and oxygen atoms in total. The minimum atomic E-state index is -0.681. The molecule has 1 N–H and O–H groups in total. The number of rotatable bonds is 4. The number of carbonyl (C=O) groups is 1. The summed E-state index contributed by atoms with van der Waals surface area (Å²) < 4.78 is 4.71. The van der Waals surface area contributed by atoms with Crippen LogP contribution in [0.3, 0.4) is 0 Å². The topological polar surface area (TPSA) is 85.9 Å². The van der Waals surface area contributed by atoms with Crippen LogP contribution in [0.4, 0.5) is 5.00 Å². The minimum Gasteiger partial charge on any atom is -0.462 e. The van der Waals surface area contributed by atoms with Crippen LogP contribution in [0, 0.1) is 29.6 Å². The lowest BCUT2D eigenvalue weighted by atomic mass is 10.2. The maximum atomic E-state index is 11.3. The Bertz CT molecular complexity index is 561. The van der Waals surface area contributed by atoms with E-state index in [9.17, 15) is 4.79 Å². The van der Waals surface area contributed by atoms with E-state index < -0.39 is 5.97 Å². The highest BCUT2D eigenvalue weighted by Gasteiger charge is 2.11. The summed E-state index contributed by atoms with van der Waals surface area (Å²) in [5.41, 5.74) is 1.23. The molecule has 0 fully saturated rings. The highest BCUT2D eigenvalue weighted by atomic mass is 32.1. The lowest BCUT2D eigenvalue weighted by molar-refractivity contribution is -0.138. The van der Waals surface area contributed by atoms with Gasteiger partial charge in [0.1, 0.15) is 17.1 Å². The van der Waals surface area contributed by atoms with E-state index in [1.807, 2.05) is 12.3 Å². The highest BCUT2D eigenvalue weighted by Crippen LogP contribution is 2.26. The Morgan fingerprint density at radius 2 is 2.33 bits per heavy atom. The maximum absolute atomic E-state index is 11.3. The van der Waals surface area contributed by atoms with Crippen LogP contribution in [0.25, 0.3) is 0 Å². The molecule has 0 amide bonds. The van der Waals surface area contributed by atoms with Crippen molar-refractivity contribution in [3.8, 4) is 12.1 Å². The first-order valence-corrected chi connectivity index (χ1v) is 6.04. The molecule has 0 unspecified atom stereocenters. The summed E-state index contributed by atoms with van der Waals surface area (Å²) in [6.45, 7) is 3.69. The Morgan fingerprint density at radius 3 is 2.89 bits per heavy atom. The van der Waals surface area contributed by atoms with E-state index in [4.69, 9.17) is 15.3 Å². The fraction of sp³-hybridized carbons (Fsp3) is 0.250. The van der Waals surface area contributed by atoms with Crippen molar-refractivity contribution in [1.29, 1.82) is 10.5 Å². The zero-order valence-electron chi connectivity index (χ0n) is 9.98.